The van der Waals surface area contributed by atoms with Crippen molar-refractivity contribution >= 4 is 11.6 Å². The van der Waals surface area contributed by atoms with E-state index in [9.17, 15) is 4.79 Å². The maximum absolute atomic E-state index is 10.4. The van der Waals surface area contributed by atoms with Gasteiger partial charge in [0.25, 0.3) is 0 Å². The van der Waals surface area contributed by atoms with Crippen molar-refractivity contribution in [2.24, 2.45) is 0 Å². The highest BCUT2D eigenvalue weighted by molar-refractivity contribution is 5.72. The summed E-state index contributed by atoms with van der Waals surface area (Å²) in [4.78, 5) is 10.4. The lowest BCUT2D eigenvalue weighted by atomic mass is 10.1. The molecule has 14 heavy (non-hydrogen) atoms. The molecule has 0 saturated heterocycles. The third-order valence-electron chi connectivity index (χ3n) is 2.17. The number of allylic oxidation sites excluding steroid dienone is 1. The van der Waals surface area contributed by atoms with Crippen LogP contribution in [0.2, 0.25) is 0 Å². The lowest BCUT2D eigenvalue weighted by molar-refractivity contribution is 0.340. The highest BCUT2D eigenvalue weighted by atomic mass is 16.5. The maximum Gasteiger partial charge on any atom is 0.146 e. The van der Waals surface area contributed by atoms with Gasteiger partial charge in [0.15, 0.2) is 0 Å². The molecule has 1 aliphatic heterocycles. The molecule has 3 nitrogen and oxygen atoms in total. The first-order valence-corrected chi connectivity index (χ1v) is 4.60. The average Bonchev–Trinajstić information content (AvgIpc) is 2.60. The predicted octanol–water partition coefficient (Wildman–Crippen LogP) is 1.77. The van der Waals surface area contributed by atoms with Crippen molar-refractivity contribution in [2.45, 2.75) is 13.3 Å². The zero-order valence-electron chi connectivity index (χ0n) is 7.96. The molecule has 0 radical (unpaired) electrons. The Morgan fingerprint density at radius 3 is 3.14 bits per heavy atom. The number of benzene rings is 1. The lowest BCUT2D eigenvalue weighted by Crippen LogP contribution is -1.93. The Morgan fingerprint density at radius 2 is 2.43 bits per heavy atom. The summed E-state index contributed by atoms with van der Waals surface area (Å²) in [5, 5.41) is 3.00. The minimum Gasteiger partial charge on any atom is -0.494 e. The minimum absolute atomic E-state index is 0.591. The first kappa shape index (κ1) is 8.85. The molecule has 1 aliphatic rings. The van der Waals surface area contributed by atoms with Crippen molar-refractivity contribution in [2.75, 3.05) is 11.9 Å². The van der Waals surface area contributed by atoms with Crippen molar-refractivity contribution in [1.29, 1.82) is 0 Å². The molecule has 1 heterocycles. The largest absolute Gasteiger partial charge is 0.494 e. The Kier molecular flexibility index (Phi) is 2.25. The van der Waals surface area contributed by atoms with Gasteiger partial charge in [0.2, 0.25) is 0 Å². The summed E-state index contributed by atoms with van der Waals surface area (Å²) in [6.07, 6.45) is 0.644. The number of hydrogen-bond donors (Lipinski definition) is 1. The number of carbonyl (C=O) groups excluding carboxylic acids is 1. The summed E-state index contributed by atoms with van der Waals surface area (Å²) >= 11 is 0. The van der Waals surface area contributed by atoms with Crippen LogP contribution in [0, 0.1) is 0 Å². The highest BCUT2D eigenvalue weighted by Crippen LogP contribution is 2.30. The Labute approximate surface area is 82.4 Å². The van der Waals surface area contributed by atoms with E-state index in [2.05, 4.69) is 5.32 Å². The van der Waals surface area contributed by atoms with E-state index in [1.807, 2.05) is 31.1 Å². The van der Waals surface area contributed by atoms with Gasteiger partial charge in [-0.2, -0.15) is 0 Å². The lowest BCUT2D eigenvalue weighted by Gasteiger charge is -2.04. The summed E-state index contributed by atoms with van der Waals surface area (Å²) in [5.41, 5.74) is 2.66. The Hall–Kier alpha value is -1.73. The Balaban J connectivity index is 2.30. The maximum atomic E-state index is 10.4. The van der Waals surface area contributed by atoms with E-state index in [0.717, 1.165) is 17.0 Å². The van der Waals surface area contributed by atoms with E-state index < -0.39 is 0 Å². The molecule has 2 rings (SSSR count). The van der Waals surface area contributed by atoms with Gasteiger partial charge in [0.1, 0.15) is 17.4 Å². The molecule has 0 spiro atoms. The summed E-state index contributed by atoms with van der Waals surface area (Å²) in [6.45, 7) is 2.59. The smallest absolute Gasteiger partial charge is 0.146 e. The molecular weight excluding hydrogens is 178 g/mol. The zero-order chi connectivity index (χ0) is 9.97. The van der Waals surface area contributed by atoms with Gasteiger partial charge in [-0.3, -0.25) is 0 Å². The summed E-state index contributed by atoms with van der Waals surface area (Å²) in [6, 6.07) is 5.79. The topological polar surface area (TPSA) is 38.3 Å². The molecule has 0 bridgehead atoms. The predicted molar refractivity (Wildman–Crippen MR) is 54.1 cm³/mol. The number of ether oxygens (including phenoxy) is 1. The normalized spacial score (nSPS) is 13.1. The number of hydrogen-bond acceptors (Lipinski definition) is 3. The molecule has 3 heteroatoms. The molecule has 1 N–H and O–H groups in total. The number of fused-ring (bicyclic) bond motifs is 1. The fourth-order valence-electron chi connectivity index (χ4n) is 1.54. The van der Waals surface area contributed by atoms with E-state index in [-0.39, 0.29) is 0 Å². The van der Waals surface area contributed by atoms with Crippen LogP contribution >= 0.6 is 0 Å². The van der Waals surface area contributed by atoms with Crippen LogP contribution in [0.4, 0.5) is 5.69 Å². The summed E-state index contributed by atoms with van der Waals surface area (Å²) in [5.74, 6) is 2.70. The fraction of sp³-hybridized carbons (Fsp3) is 0.273. The van der Waals surface area contributed by atoms with E-state index >= 15 is 0 Å². The van der Waals surface area contributed by atoms with E-state index in [1.165, 1.54) is 0 Å². The quantitative estimate of drug-likeness (QED) is 0.720. The molecule has 72 valence electrons. The van der Waals surface area contributed by atoms with Gasteiger partial charge in [-0.15, -0.1) is 0 Å². The fourth-order valence-corrected chi connectivity index (χ4v) is 1.54. The average molecular weight is 189 g/mol. The SMILES string of the molecule is CCOc1ccc2c(c1)NC(=C=O)C2. The minimum atomic E-state index is 0.591. The Morgan fingerprint density at radius 1 is 1.57 bits per heavy atom. The van der Waals surface area contributed by atoms with Gasteiger partial charge >= 0.3 is 0 Å². The third kappa shape index (κ3) is 1.50. The van der Waals surface area contributed by atoms with Gasteiger partial charge in [0.05, 0.1) is 6.61 Å². The van der Waals surface area contributed by atoms with Gasteiger partial charge in [0, 0.05) is 18.2 Å². The van der Waals surface area contributed by atoms with Crippen LogP contribution in [0.15, 0.2) is 23.9 Å². The van der Waals surface area contributed by atoms with Gasteiger partial charge in [-0.1, -0.05) is 6.07 Å². The van der Waals surface area contributed by atoms with Crippen molar-refractivity contribution in [3.05, 3.63) is 29.5 Å². The molecule has 0 saturated carbocycles. The molecule has 0 atom stereocenters. The molecular formula is C11H11NO2. The zero-order valence-corrected chi connectivity index (χ0v) is 7.96. The second-order valence-electron chi connectivity index (χ2n) is 3.13. The first-order chi connectivity index (χ1) is 6.83. The monoisotopic (exact) mass is 189 g/mol. The van der Waals surface area contributed by atoms with Crippen molar-refractivity contribution < 1.29 is 9.53 Å². The van der Waals surface area contributed by atoms with Crippen LogP contribution in [-0.4, -0.2) is 12.5 Å². The molecule has 0 fully saturated rings. The van der Waals surface area contributed by atoms with E-state index in [1.54, 1.807) is 0 Å². The standard InChI is InChI=1S/C11H11NO2/c1-2-14-10-4-3-8-5-9(7-13)12-11(8)6-10/h3-4,6,12H,2,5H2,1H3. The number of rotatable bonds is 2. The molecule has 0 aromatic heterocycles. The molecule has 1 aromatic rings. The Bertz CT molecular complexity index is 406. The number of nitrogens with one attached hydrogen (secondary N) is 1. The molecule has 0 amide bonds. The van der Waals surface area contributed by atoms with Crippen molar-refractivity contribution in [3.63, 3.8) is 0 Å². The van der Waals surface area contributed by atoms with Crippen LogP contribution in [0.3, 0.4) is 0 Å². The van der Waals surface area contributed by atoms with E-state index in [4.69, 9.17) is 4.74 Å². The summed E-state index contributed by atoms with van der Waals surface area (Å²) in [7, 11) is 0. The molecule has 0 aliphatic carbocycles. The van der Waals surface area contributed by atoms with Crippen LogP contribution < -0.4 is 10.1 Å². The van der Waals surface area contributed by atoms with Crippen molar-refractivity contribution in [1.82, 2.24) is 0 Å². The van der Waals surface area contributed by atoms with Crippen LogP contribution in [0.25, 0.3) is 0 Å². The van der Waals surface area contributed by atoms with Crippen LogP contribution in [0.1, 0.15) is 12.5 Å². The molecule has 1 aromatic carbocycles. The van der Waals surface area contributed by atoms with Gasteiger partial charge in [-0.25, -0.2) is 4.79 Å². The second kappa shape index (κ2) is 3.56. The van der Waals surface area contributed by atoms with Crippen molar-refractivity contribution in [3.8, 4) is 5.75 Å². The molecule has 0 unspecified atom stereocenters. The highest BCUT2D eigenvalue weighted by Gasteiger charge is 2.15. The second-order valence-corrected chi connectivity index (χ2v) is 3.13. The van der Waals surface area contributed by atoms with E-state index in [0.29, 0.717) is 18.7 Å². The summed E-state index contributed by atoms with van der Waals surface area (Å²) < 4.78 is 5.35. The number of anilines is 1. The van der Waals surface area contributed by atoms with Gasteiger partial charge < -0.3 is 10.1 Å². The third-order valence-corrected chi connectivity index (χ3v) is 2.17. The van der Waals surface area contributed by atoms with Gasteiger partial charge in [-0.05, 0) is 18.6 Å². The first-order valence-electron chi connectivity index (χ1n) is 4.60. The van der Waals surface area contributed by atoms with Crippen LogP contribution in [0.5, 0.6) is 5.75 Å². The van der Waals surface area contributed by atoms with Crippen LogP contribution in [-0.2, 0) is 11.2 Å².